The van der Waals surface area contributed by atoms with Crippen molar-refractivity contribution in [2.45, 2.75) is 13.8 Å². The second kappa shape index (κ2) is 10.2. The fourth-order valence-corrected chi connectivity index (χ4v) is 4.19. The lowest BCUT2D eigenvalue weighted by Crippen LogP contribution is -2.28. The molecule has 6 nitrogen and oxygen atoms in total. The van der Waals surface area contributed by atoms with Crippen LogP contribution in [-0.4, -0.2) is 60.4 Å². The average molecular weight is 469 g/mol. The normalized spacial score (nSPS) is 11.9. The van der Waals surface area contributed by atoms with Gasteiger partial charge in [-0.25, -0.2) is 4.99 Å². The van der Waals surface area contributed by atoms with Gasteiger partial charge in [0.15, 0.2) is 0 Å². The molecule has 1 heterocycles. The Hall–Kier alpha value is -3.90. The van der Waals surface area contributed by atoms with Crippen molar-refractivity contribution in [1.82, 2.24) is 9.47 Å². The van der Waals surface area contributed by atoms with E-state index in [1.807, 2.05) is 67.6 Å². The molecule has 3 aromatic carbocycles. The molecular formula is C29H32N4O2. The van der Waals surface area contributed by atoms with Crippen LogP contribution in [0.15, 0.2) is 77.8 Å². The molecule has 0 saturated carbocycles. The smallest absolute Gasteiger partial charge is 0.230 e. The molecule has 0 amide bonds. The minimum Gasteiger partial charge on any atom is -0.494 e. The van der Waals surface area contributed by atoms with Crippen LogP contribution in [0.5, 0.6) is 5.88 Å². The standard InChI is InChI=1S/C29H32N4O2/c1-20-11-16-25-26(19-20)33(21(2)34)29(35)27(25)28(22-9-7-6-8-10-22)30-23-12-14-24(15-13-23)32(5)18-17-31(3)4/h6-16,19,35H,17-18H2,1-5H3. The maximum absolute atomic E-state index is 12.5. The van der Waals surface area contributed by atoms with Crippen molar-refractivity contribution >= 4 is 33.9 Å². The first kappa shape index (κ1) is 24.2. The number of aliphatic imine (C=N–C) groups is 1. The fraction of sp³-hybridized carbons (Fsp3) is 0.241. The summed E-state index contributed by atoms with van der Waals surface area (Å²) >= 11 is 0. The van der Waals surface area contributed by atoms with Crippen molar-refractivity contribution in [2.24, 2.45) is 4.99 Å². The Balaban J connectivity index is 1.85. The SMILES string of the molecule is CC(=O)n1c(O)c(C(=Nc2ccc(N(C)CCN(C)C)cc2)c2ccccc2)c2ccc(C)cc21. The van der Waals surface area contributed by atoms with Gasteiger partial charge < -0.3 is 14.9 Å². The highest BCUT2D eigenvalue weighted by atomic mass is 16.3. The second-order valence-corrected chi connectivity index (χ2v) is 9.14. The van der Waals surface area contributed by atoms with Crippen LogP contribution in [0.1, 0.15) is 28.4 Å². The summed E-state index contributed by atoms with van der Waals surface area (Å²) in [6.07, 6.45) is 0. The number of anilines is 1. The number of carbonyl (C=O) groups is 1. The molecule has 1 N–H and O–H groups in total. The van der Waals surface area contributed by atoms with Gasteiger partial charge in [-0.05, 0) is 56.9 Å². The van der Waals surface area contributed by atoms with Crippen LogP contribution in [0.2, 0.25) is 0 Å². The first-order valence-corrected chi connectivity index (χ1v) is 11.7. The van der Waals surface area contributed by atoms with Gasteiger partial charge in [0, 0.05) is 43.7 Å². The van der Waals surface area contributed by atoms with Crippen LogP contribution in [0.4, 0.5) is 11.4 Å². The zero-order valence-corrected chi connectivity index (χ0v) is 21.0. The van der Waals surface area contributed by atoms with E-state index < -0.39 is 0 Å². The van der Waals surface area contributed by atoms with E-state index in [0.717, 1.165) is 41.0 Å². The first-order chi connectivity index (χ1) is 16.8. The van der Waals surface area contributed by atoms with Gasteiger partial charge in [-0.15, -0.1) is 0 Å². The van der Waals surface area contributed by atoms with Crippen LogP contribution < -0.4 is 4.90 Å². The van der Waals surface area contributed by atoms with E-state index >= 15 is 0 Å². The van der Waals surface area contributed by atoms with Gasteiger partial charge in [0.25, 0.3) is 0 Å². The highest BCUT2D eigenvalue weighted by Gasteiger charge is 2.24. The lowest BCUT2D eigenvalue weighted by Gasteiger charge is -2.21. The van der Waals surface area contributed by atoms with Crippen molar-refractivity contribution < 1.29 is 9.90 Å². The molecule has 35 heavy (non-hydrogen) atoms. The quantitative estimate of drug-likeness (QED) is 0.365. The summed E-state index contributed by atoms with van der Waals surface area (Å²) in [4.78, 5) is 21.8. The molecule has 0 aliphatic heterocycles. The zero-order valence-electron chi connectivity index (χ0n) is 21.0. The van der Waals surface area contributed by atoms with E-state index in [1.54, 1.807) is 0 Å². The highest BCUT2D eigenvalue weighted by Crippen LogP contribution is 2.35. The second-order valence-electron chi connectivity index (χ2n) is 9.14. The third-order valence-electron chi connectivity index (χ3n) is 6.11. The molecule has 0 aliphatic rings. The van der Waals surface area contributed by atoms with Crippen LogP contribution in [0.25, 0.3) is 10.9 Å². The molecular weight excluding hydrogens is 436 g/mol. The number of benzene rings is 3. The number of aromatic nitrogens is 1. The molecule has 0 unspecified atom stereocenters. The number of fused-ring (bicyclic) bond motifs is 1. The number of hydrogen-bond acceptors (Lipinski definition) is 5. The molecule has 0 bridgehead atoms. The van der Waals surface area contributed by atoms with Gasteiger partial charge >= 0.3 is 0 Å². The third-order valence-corrected chi connectivity index (χ3v) is 6.11. The summed E-state index contributed by atoms with van der Waals surface area (Å²) < 4.78 is 1.36. The molecule has 0 aliphatic carbocycles. The van der Waals surface area contributed by atoms with E-state index in [9.17, 15) is 9.90 Å². The van der Waals surface area contributed by atoms with E-state index in [4.69, 9.17) is 4.99 Å². The number of nitrogens with zero attached hydrogens (tertiary/aromatic N) is 4. The largest absolute Gasteiger partial charge is 0.494 e. The maximum atomic E-state index is 12.5. The number of likely N-dealkylation sites (N-methyl/N-ethyl adjacent to an activating group) is 2. The monoisotopic (exact) mass is 468 g/mol. The van der Waals surface area contributed by atoms with E-state index in [-0.39, 0.29) is 11.8 Å². The Morgan fingerprint density at radius 2 is 1.63 bits per heavy atom. The van der Waals surface area contributed by atoms with Gasteiger partial charge in [0.1, 0.15) is 0 Å². The predicted molar refractivity (Wildman–Crippen MR) is 145 cm³/mol. The summed E-state index contributed by atoms with van der Waals surface area (Å²) in [5.41, 5.74) is 5.59. The van der Waals surface area contributed by atoms with Gasteiger partial charge in [-0.1, -0.05) is 42.5 Å². The Bertz CT molecular complexity index is 1370. The van der Waals surface area contributed by atoms with Crippen molar-refractivity contribution in [1.29, 1.82) is 0 Å². The Kier molecular flexibility index (Phi) is 7.03. The molecule has 0 spiro atoms. The van der Waals surface area contributed by atoms with Crippen LogP contribution >= 0.6 is 0 Å². The molecule has 0 atom stereocenters. The summed E-state index contributed by atoms with van der Waals surface area (Å²) in [5.74, 6) is -0.345. The topological polar surface area (TPSA) is 61.1 Å². The summed E-state index contributed by atoms with van der Waals surface area (Å²) in [6.45, 7) is 5.31. The van der Waals surface area contributed by atoms with Crippen LogP contribution in [0, 0.1) is 6.92 Å². The Labute approximate surface area is 206 Å². The molecule has 4 rings (SSSR count). The molecule has 0 radical (unpaired) electrons. The zero-order chi connectivity index (χ0) is 25.1. The van der Waals surface area contributed by atoms with Crippen LogP contribution in [-0.2, 0) is 0 Å². The van der Waals surface area contributed by atoms with Crippen LogP contribution in [0.3, 0.4) is 0 Å². The van der Waals surface area contributed by atoms with Crippen molar-refractivity contribution in [3.05, 3.63) is 89.5 Å². The fourth-order valence-electron chi connectivity index (χ4n) is 4.19. The van der Waals surface area contributed by atoms with Gasteiger partial charge in [0.2, 0.25) is 11.8 Å². The summed E-state index contributed by atoms with van der Waals surface area (Å²) in [6, 6.07) is 23.7. The van der Waals surface area contributed by atoms with Gasteiger partial charge in [-0.3, -0.25) is 9.36 Å². The number of aromatic hydroxyl groups is 1. The molecule has 6 heteroatoms. The summed E-state index contributed by atoms with van der Waals surface area (Å²) in [5, 5.41) is 12.0. The lowest BCUT2D eigenvalue weighted by molar-refractivity contribution is 0.0933. The van der Waals surface area contributed by atoms with E-state index in [0.29, 0.717) is 16.8 Å². The number of aryl methyl sites for hydroxylation is 1. The molecule has 0 fully saturated rings. The van der Waals surface area contributed by atoms with Crippen molar-refractivity contribution in [2.75, 3.05) is 39.1 Å². The average Bonchev–Trinajstić information content (AvgIpc) is 3.12. The molecule has 180 valence electrons. The van der Waals surface area contributed by atoms with Gasteiger partial charge in [-0.2, -0.15) is 0 Å². The Morgan fingerprint density at radius 3 is 2.26 bits per heavy atom. The van der Waals surface area contributed by atoms with Gasteiger partial charge in [0.05, 0.1) is 22.5 Å². The number of carbonyl (C=O) groups excluding carboxylic acids is 1. The molecule has 1 aromatic heterocycles. The van der Waals surface area contributed by atoms with Crippen molar-refractivity contribution in [3.8, 4) is 5.88 Å². The van der Waals surface area contributed by atoms with E-state index in [2.05, 4.69) is 43.1 Å². The van der Waals surface area contributed by atoms with Crippen molar-refractivity contribution in [3.63, 3.8) is 0 Å². The molecule has 0 saturated heterocycles. The minimum atomic E-state index is -0.248. The predicted octanol–water partition coefficient (Wildman–Crippen LogP) is 5.48. The minimum absolute atomic E-state index is 0.0965. The third kappa shape index (κ3) is 5.12. The maximum Gasteiger partial charge on any atom is 0.230 e. The lowest BCUT2D eigenvalue weighted by atomic mass is 10.00. The summed E-state index contributed by atoms with van der Waals surface area (Å²) in [7, 11) is 6.21. The molecule has 4 aromatic rings. The number of rotatable bonds is 7. The van der Waals surface area contributed by atoms with E-state index in [1.165, 1.54) is 11.5 Å². The Morgan fingerprint density at radius 1 is 0.943 bits per heavy atom. The highest BCUT2D eigenvalue weighted by molar-refractivity contribution is 6.23. The number of hydrogen-bond donors (Lipinski definition) is 1. The first-order valence-electron chi connectivity index (χ1n) is 11.7.